The Balaban J connectivity index is 1.54. The summed E-state index contributed by atoms with van der Waals surface area (Å²) in [6.45, 7) is 1.99. The summed E-state index contributed by atoms with van der Waals surface area (Å²) in [7, 11) is 1.75. The first-order chi connectivity index (χ1) is 12.1. The fourth-order valence-corrected chi connectivity index (χ4v) is 3.03. The van der Waals surface area contributed by atoms with Gasteiger partial charge in [-0.05, 0) is 6.07 Å². The van der Waals surface area contributed by atoms with Gasteiger partial charge < -0.3 is 4.74 Å². The maximum absolute atomic E-state index is 12.7. The molecular formula is C19H18N4O2. The molecule has 2 aromatic carbocycles. The first-order valence-electron chi connectivity index (χ1n) is 8.16. The molecule has 4 rings (SSSR count). The van der Waals surface area contributed by atoms with Crippen molar-refractivity contribution in [2.24, 2.45) is 7.05 Å². The number of anilines is 1. The van der Waals surface area contributed by atoms with Crippen LogP contribution in [-0.4, -0.2) is 26.8 Å². The van der Waals surface area contributed by atoms with Crippen LogP contribution >= 0.6 is 0 Å². The Hall–Kier alpha value is -3.15. The lowest BCUT2D eigenvalue weighted by Crippen LogP contribution is -2.34. The molecule has 1 aliphatic rings. The van der Waals surface area contributed by atoms with E-state index >= 15 is 0 Å². The Kier molecular flexibility index (Phi) is 3.72. The van der Waals surface area contributed by atoms with E-state index in [-0.39, 0.29) is 11.8 Å². The molecule has 6 heteroatoms. The van der Waals surface area contributed by atoms with E-state index in [0.717, 1.165) is 16.9 Å². The van der Waals surface area contributed by atoms with Gasteiger partial charge in [0.1, 0.15) is 5.75 Å². The van der Waals surface area contributed by atoms with Crippen LogP contribution in [0.1, 0.15) is 18.4 Å². The molecule has 0 spiro atoms. The Labute approximate surface area is 145 Å². The molecule has 0 radical (unpaired) electrons. The van der Waals surface area contributed by atoms with Gasteiger partial charge in [-0.3, -0.25) is 10.1 Å². The Bertz CT molecular complexity index is 920. The summed E-state index contributed by atoms with van der Waals surface area (Å²) in [4.78, 5) is 17.1. The van der Waals surface area contributed by atoms with E-state index in [0.29, 0.717) is 11.8 Å². The third kappa shape index (κ3) is 2.76. The van der Waals surface area contributed by atoms with Crippen molar-refractivity contribution >= 4 is 11.9 Å². The number of nitrogens with zero attached hydrogens (tertiary/aromatic N) is 3. The highest BCUT2D eigenvalue weighted by molar-refractivity contribution is 5.94. The number of aromatic nitrogens is 3. The highest BCUT2D eigenvalue weighted by Crippen LogP contribution is 2.37. The van der Waals surface area contributed by atoms with E-state index in [9.17, 15) is 4.79 Å². The molecule has 0 saturated heterocycles. The van der Waals surface area contributed by atoms with Gasteiger partial charge in [-0.1, -0.05) is 55.5 Å². The van der Waals surface area contributed by atoms with Crippen LogP contribution < -0.4 is 10.1 Å². The van der Waals surface area contributed by atoms with Crippen molar-refractivity contribution in [2.75, 3.05) is 5.32 Å². The zero-order chi connectivity index (χ0) is 17.4. The normalized spacial score (nSPS) is 18.5. The molecule has 1 aliphatic heterocycles. The number of fused-ring (bicyclic) bond motifs is 1. The average Bonchev–Trinajstić information content (AvgIpc) is 3.17. The Morgan fingerprint density at radius 2 is 1.84 bits per heavy atom. The quantitative estimate of drug-likeness (QED) is 0.799. The number of carbonyl (C=O) groups excluding carboxylic acids is 1. The monoisotopic (exact) mass is 334 g/mol. The second kappa shape index (κ2) is 6.05. The van der Waals surface area contributed by atoms with Crippen LogP contribution in [0, 0.1) is 0 Å². The second-order valence-electron chi connectivity index (χ2n) is 6.10. The Morgan fingerprint density at radius 3 is 2.60 bits per heavy atom. The number of nitrogens with one attached hydrogen (secondary N) is 1. The third-order valence-electron chi connectivity index (χ3n) is 4.41. The zero-order valence-corrected chi connectivity index (χ0v) is 14.0. The first-order valence-corrected chi connectivity index (χ1v) is 8.16. The minimum absolute atomic E-state index is 0.0157. The summed E-state index contributed by atoms with van der Waals surface area (Å²) in [6, 6.07) is 17.4. The van der Waals surface area contributed by atoms with Gasteiger partial charge in [0.05, 0.1) is 0 Å². The third-order valence-corrected chi connectivity index (χ3v) is 4.41. The maximum atomic E-state index is 12.7. The summed E-state index contributed by atoms with van der Waals surface area (Å²) in [6.07, 6.45) is -0.575. The largest absolute Gasteiger partial charge is 0.480 e. The summed E-state index contributed by atoms with van der Waals surface area (Å²) < 4.78 is 7.38. The van der Waals surface area contributed by atoms with Crippen LogP contribution in [0.25, 0.3) is 11.4 Å². The summed E-state index contributed by atoms with van der Waals surface area (Å²) in [5.74, 6) is 1.49. The van der Waals surface area contributed by atoms with Crippen molar-refractivity contribution < 1.29 is 9.53 Å². The fourth-order valence-electron chi connectivity index (χ4n) is 3.03. The molecule has 1 N–H and O–H groups in total. The summed E-state index contributed by atoms with van der Waals surface area (Å²) >= 11 is 0. The molecule has 126 valence electrons. The van der Waals surface area contributed by atoms with Gasteiger partial charge in [-0.25, -0.2) is 4.68 Å². The highest BCUT2D eigenvalue weighted by Gasteiger charge is 2.36. The number of amides is 1. The van der Waals surface area contributed by atoms with Crippen molar-refractivity contribution in [1.82, 2.24) is 14.8 Å². The van der Waals surface area contributed by atoms with E-state index in [2.05, 4.69) is 15.4 Å². The lowest BCUT2D eigenvalue weighted by Gasteiger charge is -2.14. The predicted octanol–water partition coefficient (Wildman–Crippen LogP) is 2.99. The number of aryl methyl sites for hydroxylation is 1. The molecular weight excluding hydrogens is 316 g/mol. The average molecular weight is 334 g/mol. The van der Waals surface area contributed by atoms with Crippen LogP contribution in [0.3, 0.4) is 0 Å². The second-order valence-corrected chi connectivity index (χ2v) is 6.10. The van der Waals surface area contributed by atoms with Crippen LogP contribution in [0.15, 0.2) is 54.6 Å². The molecule has 25 heavy (non-hydrogen) atoms. The van der Waals surface area contributed by atoms with Crippen molar-refractivity contribution in [3.63, 3.8) is 0 Å². The van der Waals surface area contributed by atoms with Crippen molar-refractivity contribution in [3.05, 3.63) is 60.2 Å². The minimum Gasteiger partial charge on any atom is -0.480 e. The summed E-state index contributed by atoms with van der Waals surface area (Å²) in [5.41, 5.74) is 1.95. The molecule has 2 unspecified atom stereocenters. The van der Waals surface area contributed by atoms with Crippen molar-refractivity contribution in [1.29, 1.82) is 0 Å². The van der Waals surface area contributed by atoms with Crippen molar-refractivity contribution in [3.8, 4) is 17.1 Å². The smallest absolute Gasteiger partial charge is 0.268 e. The first kappa shape index (κ1) is 15.4. The number of benzene rings is 2. The van der Waals surface area contributed by atoms with Crippen LogP contribution in [0.5, 0.6) is 5.75 Å². The standard InChI is InChI=1S/C19H18N4O2/c1-12-14-10-6-7-11-15(14)25-16(12)18(24)21-19-20-17(22-23(19)2)13-8-4-3-5-9-13/h3-12,16H,1-2H3,(H,20,21,22,24). The van der Waals surface area contributed by atoms with Crippen LogP contribution in [0.4, 0.5) is 5.95 Å². The number of para-hydroxylation sites is 1. The molecule has 0 saturated carbocycles. The van der Waals surface area contributed by atoms with Crippen molar-refractivity contribution in [2.45, 2.75) is 18.9 Å². The number of hydrogen-bond donors (Lipinski definition) is 1. The van der Waals surface area contributed by atoms with Gasteiger partial charge in [0.15, 0.2) is 11.9 Å². The molecule has 1 amide bonds. The number of carbonyl (C=O) groups is 1. The van der Waals surface area contributed by atoms with Crippen LogP contribution in [-0.2, 0) is 11.8 Å². The SMILES string of the molecule is CC1c2ccccc2OC1C(=O)Nc1nc(-c2ccccc2)nn1C. The van der Waals surface area contributed by atoms with E-state index in [4.69, 9.17) is 4.74 Å². The van der Waals surface area contributed by atoms with E-state index in [1.54, 1.807) is 11.7 Å². The van der Waals surface area contributed by atoms with Gasteiger partial charge in [0, 0.05) is 24.1 Å². The van der Waals surface area contributed by atoms with E-state index in [1.165, 1.54) is 0 Å². The molecule has 6 nitrogen and oxygen atoms in total. The molecule has 0 fully saturated rings. The van der Waals surface area contributed by atoms with Crippen LogP contribution in [0.2, 0.25) is 0 Å². The van der Waals surface area contributed by atoms with Gasteiger partial charge in [-0.15, -0.1) is 5.10 Å². The molecule has 2 heterocycles. The molecule has 3 aromatic rings. The van der Waals surface area contributed by atoms with Gasteiger partial charge in [0.25, 0.3) is 5.91 Å². The van der Waals surface area contributed by atoms with E-state index < -0.39 is 6.10 Å². The number of rotatable bonds is 3. The molecule has 0 bridgehead atoms. The van der Waals surface area contributed by atoms with Gasteiger partial charge in [-0.2, -0.15) is 4.98 Å². The molecule has 0 aliphatic carbocycles. The maximum Gasteiger partial charge on any atom is 0.268 e. The predicted molar refractivity (Wildman–Crippen MR) is 94.3 cm³/mol. The zero-order valence-electron chi connectivity index (χ0n) is 14.0. The number of ether oxygens (including phenoxy) is 1. The van der Waals surface area contributed by atoms with Gasteiger partial charge >= 0.3 is 0 Å². The topological polar surface area (TPSA) is 69.0 Å². The lowest BCUT2D eigenvalue weighted by molar-refractivity contribution is -0.122. The summed E-state index contributed by atoms with van der Waals surface area (Å²) in [5, 5.41) is 7.20. The molecule has 1 aromatic heterocycles. The minimum atomic E-state index is -0.575. The fraction of sp³-hybridized carbons (Fsp3) is 0.211. The number of hydrogen-bond acceptors (Lipinski definition) is 4. The molecule has 2 atom stereocenters. The van der Waals surface area contributed by atoms with E-state index in [1.807, 2.05) is 61.5 Å². The lowest BCUT2D eigenvalue weighted by atomic mass is 9.97. The Morgan fingerprint density at radius 1 is 1.12 bits per heavy atom. The highest BCUT2D eigenvalue weighted by atomic mass is 16.5. The van der Waals surface area contributed by atoms with Gasteiger partial charge in [0.2, 0.25) is 5.95 Å².